The quantitative estimate of drug-likeness (QED) is 0.775. The predicted molar refractivity (Wildman–Crippen MR) is 95.1 cm³/mol. The first-order valence-electron chi connectivity index (χ1n) is 7.99. The molecule has 130 valence electrons. The summed E-state index contributed by atoms with van der Waals surface area (Å²) < 4.78 is 0. The number of hydrogen-bond donors (Lipinski definition) is 2. The van der Waals surface area contributed by atoms with Gasteiger partial charge in [-0.3, -0.25) is 14.5 Å². The number of rotatable bonds is 6. The third-order valence-corrected chi connectivity index (χ3v) is 5.14. The van der Waals surface area contributed by atoms with Crippen LogP contribution in [0.25, 0.3) is 0 Å². The first kappa shape index (κ1) is 17.2. The highest BCUT2D eigenvalue weighted by atomic mass is 32.1. The predicted octanol–water partition coefficient (Wildman–Crippen LogP) is 1.87. The van der Waals surface area contributed by atoms with Crippen LogP contribution in [-0.2, 0) is 21.5 Å². The monoisotopic (exact) mass is 357 g/mol. The second-order valence-electron chi connectivity index (χ2n) is 5.99. The van der Waals surface area contributed by atoms with E-state index < -0.39 is 17.5 Å². The van der Waals surface area contributed by atoms with E-state index in [0.29, 0.717) is 12.1 Å². The van der Waals surface area contributed by atoms with E-state index >= 15 is 0 Å². The van der Waals surface area contributed by atoms with Gasteiger partial charge in [-0.05, 0) is 30.4 Å². The van der Waals surface area contributed by atoms with E-state index in [9.17, 15) is 14.4 Å². The minimum atomic E-state index is -1.14. The molecule has 0 saturated carbocycles. The first-order chi connectivity index (χ1) is 12.0. The van der Waals surface area contributed by atoms with Crippen LogP contribution in [0.15, 0.2) is 47.8 Å². The fraction of sp³-hybridized carbons (Fsp3) is 0.278. The zero-order valence-electron chi connectivity index (χ0n) is 13.8. The van der Waals surface area contributed by atoms with E-state index in [1.54, 1.807) is 42.5 Å². The van der Waals surface area contributed by atoms with Crippen molar-refractivity contribution in [2.75, 3.05) is 13.1 Å². The van der Waals surface area contributed by atoms with Gasteiger partial charge in [0.15, 0.2) is 0 Å². The highest BCUT2D eigenvalue weighted by molar-refractivity contribution is 7.09. The maximum atomic E-state index is 12.7. The Labute approximate surface area is 149 Å². The van der Waals surface area contributed by atoms with Crippen LogP contribution in [0.3, 0.4) is 0 Å². The zero-order chi connectivity index (χ0) is 17.9. The van der Waals surface area contributed by atoms with Gasteiger partial charge in [0.25, 0.3) is 5.91 Å². The molecule has 6 nitrogen and oxygen atoms in total. The van der Waals surface area contributed by atoms with Crippen molar-refractivity contribution in [1.82, 2.24) is 15.5 Å². The molecule has 1 fully saturated rings. The van der Waals surface area contributed by atoms with Gasteiger partial charge < -0.3 is 10.6 Å². The SMILES string of the molecule is C[C@@]1(c2ccccc2)NC(=O)N(CC(=O)NCCc2cccs2)C1=O. The van der Waals surface area contributed by atoms with Crippen LogP contribution in [0.5, 0.6) is 0 Å². The van der Waals surface area contributed by atoms with Crippen LogP contribution >= 0.6 is 11.3 Å². The van der Waals surface area contributed by atoms with E-state index in [1.165, 1.54) is 4.88 Å². The maximum Gasteiger partial charge on any atom is 0.325 e. The molecule has 1 aromatic heterocycles. The molecule has 1 atom stereocenters. The Morgan fingerprint density at radius 1 is 1.20 bits per heavy atom. The molecule has 1 aliphatic rings. The minimum Gasteiger partial charge on any atom is -0.354 e. The fourth-order valence-corrected chi connectivity index (χ4v) is 3.50. The minimum absolute atomic E-state index is 0.280. The largest absolute Gasteiger partial charge is 0.354 e. The molecule has 1 aromatic carbocycles. The van der Waals surface area contributed by atoms with Crippen molar-refractivity contribution in [3.05, 3.63) is 58.3 Å². The fourth-order valence-electron chi connectivity index (χ4n) is 2.79. The van der Waals surface area contributed by atoms with Crippen LogP contribution < -0.4 is 10.6 Å². The van der Waals surface area contributed by atoms with Gasteiger partial charge in [0.1, 0.15) is 12.1 Å². The number of hydrogen-bond acceptors (Lipinski definition) is 4. The van der Waals surface area contributed by atoms with E-state index in [4.69, 9.17) is 0 Å². The summed E-state index contributed by atoms with van der Waals surface area (Å²) in [6.45, 7) is 1.84. The first-order valence-corrected chi connectivity index (χ1v) is 8.87. The summed E-state index contributed by atoms with van der Waals surface area (Å²) in [5.74, 6) is -0.769. The molecule has 0 bridgehead atoms. The number of urea groups is 1. The Morgan fingerprint density at radius 3 is 2.64 bits per heavy atom. The molecule has 7 heteroatoms. The molecule has 3 rings (SSSR count). The Bertz CT molecular complexity index is 776. The number of nitrogens with one attached hydrogen (secondary N) is 2. The van der Waals surface area contributed by atoms with E-state index in [1.807, 2.05) is 23.6 Å². The molecule has 25 heavy (non-hydrogen) atoms. The summed E-state index contributed by atoms with van der Waals surface area (Å²) in [7, 11) is 0. The molecule has 2 N–H and O–H groups in total. The van der Waals surface area contributed by atoms with Crippen LogP contribution in [0.2, 0.25) is 0 Å². The Balaban J connectivity index is 1.60. The highest BCUT2D eigenvalue weighted by Crippen LogP contribution is 2.28. The smallest absolute Gasteiger partial charge is 0.325 e. The van der Waals surface area contributed by atoms with Crippen LogP contribution in [-0.4, -0.2) is 35.8 Å². The topological polar surface area (TPSA) is 78.5 Å². The molecule has 1 saturated heterocycles. The lowest BCUT2D eigenvalue weighted by Crippen LogP contribution is -2.43. The highest BCUT2D eigenvalue weighted by Gasteiger charge is 2.49. The van der Waals surface area contributed by atoms with Gasteiger partial charge in [-0.2, -0.15) is 0 Å². The zero-order valence-corrected chi connectivity index (χ0v) is 14.6. The van der Waals surface area contributed by atoms with Crippen molar-refractivity contribution < 1.29 is 14.4 Å². The van der Waals surface area contributed by atoms with Crippen molar-refractivity contribution in [2.24, 2.45) is 0 Å². The molecule has 0 spiro atoms. The lowest BCUT2D eigenvalue weighted by atomic mass is 9.92. The molecule has 2 heterocycles. The summed E-state index contributed by atoms with van der Waals surface area (Å²) >= 11 is 1.63. The molecule has 0 aliphatic carbocycles. The lowest BCUT2D eigenvalue weighted by Gasteiger charge is -2.22. The molecular weight excluding hydrogens is 338 g/mol. The molecule has 0 unspecified atom stereocenters. The molecular formula is C18H19N3O3S. The van der Waals surface area contributed by atoms with Gasteiger partial charge in [-0.25, -0.2) is 4.79 Å². The second-order valence-corrected chi connectivity index (χ2v) is 7.02. The number of amides is 4. The lowest BCUT2D eigenvalue weighted by molar-refractivity contribution is -0.134. The van der Waals surface area contributed by atoms with Crippen molar-refractivity contribution in [1.29, 1.82) is 0 Å². The number of nitrogens with zero attached hydrogens (tertiary/aromatic N) is 1. The van der Waals surface area contributed by atoms with Crippen molar-refractivity contribution in [3.63, 3.8) is 0 Å². The third kappa shape index (κ3) is 3.56. The average Bonchev–Trinajstić information content (AvgIpc) is 3.19. The number of carbonyl (C=O) groups is 3. The number of carbonyl (C=O) groups excluding carboxylic acids is 3. The standard InChI is InChI=1S/C18H19N3O3S/c1-18(13-6-3-2-4-7-13)16(23)21(17(24)20-18)12-15(22)19-10-9-14-8-5-11-25-14/h2-8,11H,9-10,12H2,1H3,(H,19,22)(H,20,24)/t18-/m0/s1. The van der Waals surface area contributed by atoms with E-state index in [0.717, 1.165) is 11.3 Å². The van der Waals surface area contributed by atoms with Gasteiger partial charge in [0.05, 0.1) is 0 Å². The maximum absolute atomic E-state index is 12.7. The van der Waals surface area contributed by atoms with Crippen molar-refractivity contribution in [3.8, 4) is 0 Å². The Morgan fingerprint density at radius 2 is 1.96 bits per heavy atom. The van der Waals surface area contributed by atoms with Gasteiger partial charge in [-0.15, -0.1) is 11.3 Å². The van der Waals surface area contributed by atoms with E-state index in [-0.39, 0.29) is 12.5 Å². The molecule has 0 radical (unpaired) electrons. The van der Waals surface area contributed by atoms with Crippen molar-refractivity contribution in [2.45, 2.75) is 18.9 Å². The normalized spacial score (nSPS) is 19.8. The Kier molecular flexibility index (Phi) is 4.85. The Hall–Kier alpha value is -2.67. The van der Waals surface area contributed by atoms with E-state index in [2.05, 4.69) is 10.6 Å². The summed E-state index contributed by atoms with van der Waals surface area (Å²) in [5, 5.41) is 7.42. The summed E-state index contributed by atoms with van der Waals surface area (Å²) in [6.07, 6.45) is 0.727. The molecule has 4 amide bonds. The van der Waals surface area contributed by atoms with Gasteiger partial charge >= 0.3 is 6.03 Å². The van der Waals surface area contributed by atoms with Gasteiger partial charge in [-0.1, -0.05) is 36.4 Å². The summed E-state index contributed by atoms with van der Waals surface area (Å²) in [6, 6.07) is 12.4. The van der Waals surface area contributed by atoms with Crippen LogP contribution in [0, 0.1) is 0 Å². The van der Waals surface area contributed by atoms with Crippen LogP contribution in [0.1, 0.15) is 17.4 Å². The van der Waals surface area contributed by atoms with Crippen LogP contribution in [0.4, 0.5) is 4.79 Å². The number of benzene rings is 1. The van der Waals surface area contributed by atoms with Crippen molar-refractivity contribution >= 4 is 29.2 Å². The second kappa shape index (κ2) is 7.06. The molecule has 1 aliphatic heterocycles. The van der Waals surface area contributed by atoms with Gasteiger partial charge in [0, 0.05) is 11.4 Å². The average molecular weight is 357 g/mol. The summed E-state index contributed by atoms with van der Waals surface area (Å²) in [5.41, 5.74) is -0.454. The third-order valence-electron chi connectivity index (χ3n) is 4.20. The number of thiophene rings is 1. The number of imide groups is 1. The molecule has 2 aromatic rings. The summed E-state index contributed by atoms with van der Waals surface area (Å²) in [4.78, 5) is 39.1. The van der Waals surface area contributed by atoms with Gasteiger partial charge in [0.2, 0.25) is 5.91 Å².